The zero-order valence-corrected chi connectivity index (χ0v) is 15.8. The van der Waals surface area contributed by atoms with Crippen molar-refractivity contribution in [1.82, 2.24) is 14.9 Å². The first-order valence-corrected chi connectivity index (χ1v) is 9.71. The fourth-order valence-corrected chi connectivity index (χ4v) is 3.67. The average Bonchev–Trinajstić information content (AvgIpc) is 3.22. The van der Waals surface area contributed by atoms with Crippen molar-refractivity contribution in [3.63, 3.8) is 0 Å². The van der Waals surface area contributed by atoms with E-state index in [1.54, 1.807) is 47.1 Å². The van der Waals surface area contributed by atoms with Crippen molar-refractivity contribution < 1.29 is 14.3 Å². The molecular weight excluding hydrogens is 376 g/mol. The Morgan fingerprint density at radius 1 is 1.25 bits per heavy atom. The van der Waals surface area contributed by atoms with Gasteiger partial charge in [-0.2, -0.15) is 0 Å². The fraction of sp³-hybridized carbons (Fsp3) is 0.200. The van der Waals surface area contributed by atoms with E-state index in [1.165, 1.54) is 11.3 Å². The quantitative estimate of drug-likeness (QED) is 0.695. The van der Waals surface area contributed by atoms with Crippen LogP contribution in [0.25, 0.3) is 0 Å². The first-order valence-electron chi connectivity index (χ1n) is 8.83. The number of nitrogens with zero attached hydrogens (tertiary/aromatic N) is 3. The van der Waals surface area contributed by atoms with Gasteiger partial charge in [-0.1, -0.05) is 12.1 Å². The number of thiazole rings is 1. The number of anilines is 1. The summed E-state index contributed by atoms with van der Waals surface area (Å²) in [6, 6.07) is 9.18. The molecule has 0 saturated carbocycles. The van der Waals surface area contributed by atoms with Gasteiger partial charge in [0, 0.05) is 48.2 Å². The number of rotatable bonds is 6. The molecule has 7 nitrogen and oxygen atoms in total. The highest BCUT2D eigenvalue weighted by Crippen LogP contribution is 2.28. The smallest absolute Gasteiger partial charge is 0.264 e. The van der Waals surface area contributed by atoms with Crippen molar-refractivity contribution in [3.8, 4) is 5.75 Å². The number of hydrogen-bond donors (Lipinski definition) is 1. The molecule has 0 unspecified atom stereocenters. The van der Waals surface area contributed by atoms with Crippen LogP contribution in [0.3, 0.4) is 0 Å². The van der Waals surface area contributed by atoms with Crippen LogP contribution in [-0.2, 0) is 17.8 Å². The highest BCUT2D eigenvalue weighted by molar-refractivity contribution is 7.13. The summed E-state index contributed by atoms with van der Waals surface area (Å²) in [5.41, 5.74) is 2.45. The van der Waals surface area contributed by atoms with E-state index < -0.39 is 0 Å². The van der Waals surface area contributed by atoms with Gasteiger partial charge in [0.25, 0.3) is 11.8 Å². The largest absolute Gasteiger partial charge is 0.483 e. The molecule has 0 bridgehead atoms. The van der Waals surface area contributed by atoms with E-state index in [1.807, 2.05) is 12.1 Å². The summed E-state index contributed by atoms with van der Waals surface area (Å²) in [7, 11) is 0. The second-order valence-corrected chi connectivity index (χ2v) is 7.19. The summed E-state index contributed by atoms with van der Waals surface area (Å²) in [6.45, 7) is 0.976. The molecule has 0 fully saturated rings. The van der Waals surface area contributed by atoms with Gasteiger partial charge in [0.2, 0.25) is 0 Å². The number of carbonyl (C=O) groups excluding carboxylic acids is 2. The third kappa shape index (κ3) is 4.01. The topological polar surface area (TPSA) is 84.4 Å². The number of fused-ring (bicyclic) bond motifs is 1. The Hall–Kier alpha value is -3.26. The summed E-state index contributed by atoms with van der Waals surface area (Å²) in [5.74, 6) is 0.247. The molecule has 0 atom stereocenters. The van der Waals surface area contributed by atoms with Gasteiger partial charge in [0.05, 0.1) is 0 Å². The second-order valence-electron chi connectivity index (χ2n) is 6.29. The number of hydrogen-bond acceptors (Lipinski definition) is 6. The van der Waals surface area contributed by atoms with Crippen molar-refractivity contribution in [2.45, 2.75) is 13.0 Å². The van der Waals surface area contributed by atoms with Crippen LogP contribution in [0.1, 0.15) is 21.5 Å². The molecule has 4 rings (SSSR count). The summed E-state index contributed by atoms with van der Waals surface area (Å²) < 4.78 is 5.70. The average molecular weight is 394 g/mol. The standard InChI is InChI=1S/C20H18N4O3S/c25-18(23-20-22-8-10-28-20)13-27-17-5-1-4-16-15(17)6-9-24(19(16)26)12-14-3-2-7-21-11-14/h1-5,7-8,10-11H,6,9,12-13H2,(H,22,23,25). The molecule has 8 heteroatoms. The maximum absolute atomic E-state index is 12.9. The number of benzene rings is 1. The van der Waals surface area contributed by atoms with Crippen LogP contribution in [0.15, 0.2) is 54.3 Å². The van der Waals surface area contributed by atoms with Gasteiger partial charge in [-0.25, -0.2) is 4.98 Å². The van der Waals surface area contributed by atoms with Crippen LogP contribution in [0.4, 0.5) is 5.13 Å². The zero-order valence-electron chi connectivity index (χ0n) is 15.0. The summed E-state index contributed by atoms with van der Waals surface area (Å²) >= 11 is 1.34. The molecular formula is C20H18N4O3S. The number of nitrogens with one attached hydrogen (secondary N) is 1. The Bertz CT molecular complexity index is 976. The minimum absolute atomic E-state index is 0.0391. The molecule has 0 saturated heterocycles. The van der Waals surface area contributed by atoms with Crippen LogP contribution >= 0.6 is 11.3 Å². The van der Waals surface area contributed by atoms with Gasteiger partial charge in [-0.05, 0) is 30.2 Å². The van der Waals surface area contributed by atoms with Gasteiger partial charge in [-0.15, -0.1) is 11.3 Å². The molecule has 0 radical (unpaired) electrons. The maximum Gasteiger partial charge on any atom is 0.264 e. The van der Waals surface area contributed by atoms with Crippen molar-refractivity contribution in [2.75, 3.05) is 18.5 Å². The van der Waals surface area contributed by atoms with Crippen molar-refractivity contribution >= 4 is 28.3 Å². The molecule has 1 aliphatic rings. The van der Waals surface area contributed by atoms with E-state index >= 15 is 0 Å². The Morgan fingerprint density at radius 3 is 2.96 bits per heavy atom. The monoisotopic (exact) mass is 394 g/mol. The predicted octanol–water partition coefficient (Wildman–Crippen LogP) is 2.75. The van der Waals surface area contributed by atoms with E-state index in [4.69, 9.17) is 4.74 Å². The van der Waals surface area contributed by atoms with Crippen LogP contribution in [0.2, 0.25) is 0 Å². The number of amides is 2. The van der Waals surface area contributed by atoms with E-state index in [2.05, 4.69) is 15.3 Å². The third-order valence-corrected chi connectivity index (χ3v) is 5.10. The summed E-state index contributed by atoms with van der Waals surface area (Å²) in [6.07, 6.45) is 5.78. The lowest BCUT2D eigenvalue weighted by Crippen LogP contribution is -2.37. The minimum Gasteiger partial charge on any atom is -0.483 e. The molecule has 0 aliphatic carbocycles. The molecule has 0 spiro atoms. The first kappa shape index (κ1) is 18.1. The van der Waals surface area contributed by atoms with Crippen LogP contribution in [-0.4, -0.2) is 39.8 Å². The van der Waals surface area contributed by atoms with Crippen molar-refractivity contribution in [2.24, 2.45) is 0 Å². The fourth-order valence-electron chi connectivity index (χ4n) is 3.12. The number of aromatic nitrogens is 2. The minimum atomic E-state index is -0.284. The predicted molar refractivity (Wildman–Crippen MR) is 105 cm³/mol. The van der Waals surface area contributed by atoms with Crippen LogP contribution in [0.5, 0.6) is 5.75 Å². The molecule has 3 aromatic rings. The molecule has 1 aromatic carbocycles. The Labute approximate surface area is 166 Å². The highest BCUT2D eigenvalue weighted by Gasteiger charge is 2.26. The van der Waals surface area contributed by atoms with Gasteiger partial charge in [0.15, 0.2) is 11.7 Å². The summed E-state index contributed by atoms with van der Waals surface area (Å²) in [5, 5.41) is 4.99. The highest BCUT2D eigenvalue weighted by atomic mass is 32.1. The zero-order chi connectivity index (χ0) is 19.3. The maximum atomic E-state index is 12.9. The lowest BCUT2D eigenvalue weighted by Gasteiger charge is -2.29. The van der Waals surface area contributed by atoms with E-state index in [-0.39, 0.29) is 18.4 Å². The molecule has 28 heavy (non-hydrogen) atoms. The van der Waals surface area contributed by atoms with E-state index in [0.29, 0.717) is 36.0 Å². The molecule has 142 valence electrons. The molecule has 1 aliphatic heterocycles. The second kappa shape index (κ2) is 8.18. The Balaban J connectivity index is 1.43. The van der Waals surface area contributed by atoms with Gasteiger partial charge >= 0.3 is 0 Å². The lowest BCUT2D eigenvalue weighted by molar-refractivity contribution is -0.118. The first-order chi connectivity index (χ1) is 13.7. The van der Waals surface area contributed by atoms with Gasteiger partial charge in [-0.3, -0.25) is 19.9 Å². The lowest BCUT2D eigenvalue weighted by atomic mass is 9.97. The van der Waals surface area contributed by atoms with Crippen LogP contribution < -0.4 is 10.1 Å². The number of pyridine rings is 1. The van der Waals surface area contributed by atoms with E-state index in [0.717, 1.165) is 11.1 Å². The summed E-state index contributed by atoms with van der Waals surface area (Å²) in [4.78, 5) is 34.8. The molecule has 1 N–H and O–H groups in total. The van der Waals surface area contributed by atoms with Crippen LogP contribution in [0, 0.1) is 0 Å². The number of carbonyl (C=O) groups is 2. The Kier molecular flexibility index (Phi) is 5.29. The Morgan fingerprint density at radius 2 is 2.18 bits per heavy atom. The van der Waals surface area contributed by atoms with Crippen molar-refractivity contribution in [1.29, 1.82) is 0 Å². The van der Waals surface area contributed by atoms with Gasteiger partial charge in [0.1, 0.15) is 5.75 Å². The van der Waals surface area contributed by atoms with Gasteiger partial charge < -0.3 is 9.64 Å². The SMILES string of the molecule is O=C(COc1cccc2c1CCN(Cc1cccnc1)C2=O)Nc1nccs1. The van der Waals surface area contributed by atoms with Crippen molar-refractivity contribution in [3.05, 3.63) is 71.0 Å². The normalized spacial score (nSPS) is 13.1. The third-order valence-electron chi connectivity index (χ3n) is 4.42. The molecule has 3 heterocycles. The molecule has 2 aromatic heterocycles. The van der Waals surface area contributed by atoms with E-state index in [9.17, 15) is 9.59 Å². The molecule has 2 amide bonds. The number of ether oxygens (including phenoxy) is 1.